The van der Waals surface area contributed by atoms with Crippen LogP contribution in [0.5, 0.6) is 0 Å². The van der Waals surface area contributed by atoms with Crippen LogP contribution < -0.4 is 5.32 Å². The van der Waals surface area contributed by atoms with Crippen molar-refractivity contribution in [2.45, 2.75) is 57.5 Å². The number of nitriles is 1. The molecule has 1 saturated carbocycles. The molecular weight excluding hydrogens is 148 g/mol. The molecule has 0 bridgehead atoms. The average Bonchev–Trinajstić information content (AvgIpc) is 2.16. The quantitative estimate of drug-likeness (QED) is 0.697. The lowest BCUT2D eigenvalue weighted by Crippen LogP contribution is -2.38. The van der Waals surface area contributed by atoms with Crippen molar-refractivity contribution in [2.75, 3.05) is 0 Å². The van der Waals surface area contributed by atoms with E-state index in [4.69, 9.17) is 5.26 Å². The fraction of sp³-hybridized carbons (Fsp3) is 0.900. The van der Waals surface area contributed by atoms with Crippen molar-refractivity contribution in [1.29, 1.82) is 5.26 Å². The third-order valence-electron chi connectivity index (χ3n) is 2.61. The lowest BCUT2D eigenvalue weighted by molar-refractivity contribution is 0.354. The van der Waals surface area contributed by atoms with Crippen molar-refractivity contribution in [2.24, 2.45) is 0 Å². The summed E-state index contributed by atoms with van der Waals surface area (Å²) in [7, 11) is 0. The van der Waals surface area contributed by atoms with Gasteiger partial charge in [-0.1, -0.05) is 26.2 Å². The summed E-state index contributed by atoms with van der Waals surface area (Å²) in [6, 6.07) is 2.98. The maximum Gasteiger partial charge on any atom is 0.0952 e. The van der Waals surface area contributed by atoms with Gasteiger partial charge >= 0.3 is 0 Å². The summed E-state index contributed by atoms with van der Waals surface area (Å²) in [5.41, 5.74) is 0. The Morgan fingerprint density at radius 3 is 2.58 bits per heavy atom. The second-order valence-corrected chi connectivity index (χ2v) is 3.59. The van der Waals surface area contributed by atoms with Gasteiger partial charge < -0.3 is 0 Å². The van der Waals surface area contributed by atoms with Crippen LogP contribution in [0.2, 0.25) is 0 Å². The first kappa shape index (κ1) is 9.54. The van der Waals surface area contributed by atoms with Gasteiger partial charge in [-0.25, -0.2) is 0 Å². The minimum atomic E-state index is 0.0769. The highest BCUT2D eigenvalue weighted by Crippen LogP contribution is 2.17. The lowest BCUT2D eigenvalue weighted by atomic mass is 9.95. The number of nitrogens with zero attached hydrogens (tertiary/aromatic N) is 1. The monoisotopic (exact) mass is 166 g/mol. The molecule has 2 heteroatoms. The maximum absolute atomic E-state index is 8.74. The van der Waals surface area contributed by atoms with Crippen LogP contribution in [0, 0.1) is 11.3 Å². The largest absolute Gasteiger partial charge is 0.299 e. The standard InChI is InChI=1S/C10H18N2/c1-2-9(8-11)12-10-6-4-3-5-7-10/h9-10,12H,2-7H2,1H3. The molecule has 0 spiro atoms. The Hall–Kier alpha value is -0.550. The molecule has 1 aliphatic rings. The highest BCUT2D eigenvalue weighted by Gasteiger charge is 2.15. The predicted molar refractivity (Wildman–Crippen MR) is 49.7 cm³/mol. The Morgan fingerprint density at radius 1 is 1.42 bits per heavy atom. The van der Waals surface area contributed by atoms with Gasteiger partial charge in [-0.05, 0) is 19.3 Å². The van der Waals surface area contributed by atoms with Gasteiger partial charge in [0, 0.05) is 6.04 Å². The van der Waals surface area contributed by atoms with Crippen molar-refractivity contribution in [3.63, 3.8) is 0 Å². The molecule has 0 aromatic carbocycles. The molecule has 0 aliphatic heterocycles. The van der Waals surface area contributed by atoms with E-state index in [1.54, 1.807) is 0 Å². The summed E-state index contributed by atoms with van der Waals surface area (Å²) >= 11 is 0. The molecule has 68 valence electrons. The van der Waals surface area contributed by atoms with Crippen LogP contribution in [0.3, 0.4) is 0 Å². The third-order valence-corrected chi connectivity index (χ3v) is 2.61. The molecule has 1 unspecified atom stereocenters. The molecule has 0 amide bonds. The van der Waals surface area contributed by atoms with Crippen molar-refractivity contribution >= 4 is 0 Å². The van der Waals surface area contributed by atoms with E-state index < -0.39 is 0 Å². The summed E-state index contributed by atoms with van der Waals surface area (Å²) in [6.07, 6.45) is 7.49. The Kier molecular flexibility index (Phi) is 4.10. The van der Waals surface area contributed by atoms with Crippen LogP contribution in [0.1, 0.15) is 45.4 Å². The van der Waals surface area contributed by atoms with Crippen molar-refractivity contribution in [1.82, 2.24) is 5.32 Å². The van der Waals surface area contributed by atoms with E-state index in [1.807, 2.05) is 0 Å². The first-order valence-corrected chi connectivity index (χ1v) is 5.02. The number of hydrogen-bond acceptors (Lipinski definition) is 2. The third kappa shape index (κ3) is 2.83. The summed E-state index contributed by atoms with van der Waals surface area (Å²) in [5.74, 6) is 0. The summed E-state index contributed by atoms with van der Waals surface area (Å²) in [6.45, 7) is 2.06. The van der Waals surface area contributed by atoms with Gasteiger partial charge in [0.1, 0.15) is 0 Å². The first-order valence-electron chi connectivity index (χ1n) is 5.02. The summed E-state index contributed by atoms with van der Waals surface area (Å²) < 4.78 is 0. The molecule has 1 N–H and O–H groups in total. The Bertz CT molecular complexity index is 154. The zero-order chi connectivity index (χ0) is 8.81. The molecule has 1 rings (SSSR count). The molecule has 0 saturated heterocycles. The maximum atomic E-state index is 8.74. The minimum absolute atomic E-state index is 0.0769. The first-order chi connectivity index (χ1) is 5.86. The van der Waals surface area contributed by atoms with Crippen molar-refractivity contribution < 1.29 is 0 Å². The van der Waals surface area contributed by atoms with Crippen molar-refractivity contribution in [3.8, 4) is 6.07 Å². The highest BCUT2D eigenvalue weighted by molar-refractivity contribution is 4.91. The fourth-order valence-electron chi connectivity index (χ4n) is 1.80. The topological polar surface area (TPSA) is 35.8 Å². The second-order valence-electron chi connectivity index (χ2n) is 3.59. The van der Waals surface area contributed by atoms with Crippen molar-refractivity contribution in [3.05, 3.63) is 0 Å². The smallest absolute Gasteiger partial charge is 0.0952 e. The van der Waals surface area contributed by atoms with Gasteiger partial charge in [0.05, 0.1) is 12.1 Å². The van der Waals surface area contributed by atoms with Gasteiger partial charge in [-0.15, -0.1) is 0 Å². The highest BCUT2D eigenvalue weighted by atomic mass is 14.9. The number of hydrogen-bond donors (Lipinski definition) is 1. The minimum Gasteiger partial charge on any atom is -0.299 e. The van der Waals surface area contributed by atoms with E-state index in [9.17, 15) is 0 Å². The molecule has 0 aromatic heterocycles. The van der Waals surface area contributed by atoms with Crippen LogP contribution in [0.15, 0.2) is 0 Å². The van der Waals surface area contributed by atoms with E-state index in [-0.39, 0.29) is 6.04 Å². The SMILES string of the molecule is CCC(C#N)NC1CCCCC1. The molecule has 1 fully saturated rings. The van der Waals surface area contributed by atoms with E-state index >= 15 is 0 Å². The van der Waals surface area contributed by atoms with Gasteiger partial charge in [0.2, 0.25) is 0 Å². The Balaban J connectivity index is 2.24. The zero-order valence-electron chi connectivity index (χ0n) is 7.84. The zero-order valence-corrected chi connectivity index (χ0v) is 7.84. The molecule has 0 radical (unpaired) electrons. The molecule has 1 atom stereocenters. The van der Waals surface area contributed by atoms with Crippen LogP contribution in [0.4, 0.5) is 0 Å². The van der Waals surface area contributed by atoms with Gasteiger partial charge in [0.15, 0.2) is 0 Å². The van der Waals surface area contributed by atoms with Crippen LogP contribution in [0.25, 0.3) is 0 Å². The van der Waals surface area contributed by atoms with Gasteiger partial charge in [-0.2, -0.15) is 5.26 Å². The van der Waals surface area contributed by atoms with Gasteiger partial charge in [-0.3, -0.25) is 5.32 Å². The molecular formula is C10H18N2. The molecule has 12 heavy (non-hydrogen) atoms. The number of nitrogens with one attached hydrogen (secondary N) is 1. The van der Waals surface area contributed by atoms with E-state index in [0.29, 0.717) is 6.04 Å². The van der Waals surface area contributed by atoms with Crippen LogP contribution in [-0.4, -0.2) is 12.1 Å². The van der Waals surface area contributed by atoms with E-state index in [1.165, 1.54) is 32.1 Å². The molecule has 0 aromatic rings. The van der Waals surface area contributed by atoms with Gasteiger partial charge in [0.25, 0.3) is 0 Å². The second kappa shape index (κ2) is 5.16. The average molecular weight is 166 g/mol. The molecule has 2 nitrogen and oxygen atoms in total. The Labute approximate surface area is 75.0 Å². The fourth-order valence-corrected chi connectivity index (χ4v) is 1.80. The normalized spacial score (nSPS) is 21.7. The molecule has 0 heterocycles. The molecule has 1 aliphatic carbocycles. The number of rotatable bonds is 3. The summed E-state index contributed by atoms with van der Waals surface area (Å²) in [4.78, 5) is 0. The van der Waals surface area contributed by atoms with Crippen LogP contribution >= 0.6 is 0 Å². The summed E-state index contributed by atoms with van der Waals surface area (Å²) in [5, 5.41) is 12.1. The van der Waals surface area contributed by atoms with E-state index in [0.717, 1.165) is 6.42 Å². The Morgan fingerprint density at radius 2 is 2.08 bits per heavy atom. The van der Waals surface area contributed by atoms with Crippen LogP contribution in [-0.2, 0) is 0 Å². The lowest BCUT2D eigenvalue weighted by Gasteiger charge is -2.24. The van der Waals surface area contributed by atoms with E-state index in [2.05, 4.69) is 18.3 Å². The predicted octanol–water partition coefficient (Wildman–Crippen LogP) is 2.21.